The number of furan rings is 1. The van der Waals surface area contributed by atoms with Crippen molar-refractivity contribution in [1.82, 2.24) is 4.98 Å². The largest absolute Gasteiger partial charge is 0.493 e. The van der Waals surface area contributed by atoms with Crippen LogP contribution in [0.5, 0.6) is 5.75 Å². The highest BCUT2D eigenvalue weighted by Crippen LogP contribution is 2.37. The van der Waals surface area contributed by atoms with Crippen LogP contribution < -0.4 is 10.1 Å². The second-order valence-corrected chi connectivity index (χ2v) is 6.45. The predicted molar refractivity (Wildman–Crippen MR) is 96.7 cm³/mol. The minimum absolute atomic E-state index is 0.0143. The summed E-state index contributed by atoms with van der Waals surface area (Å²) in [4.78, 5) is 29.2. The molecule has 26 heavy (non-hydrogen) atoms. The molecule has 0 atom stereocenters. The van der Waals surface area contributed by atoms with Gasteiger partial charge in [0.05, 0.1) is 12.7 Å². The Kier molecular flexibility index (Phi) is 3.95. The molecule has 132 valence electrons. The normalized spacial score (nSPS) is 13.6. The minimum atomic E-state index is -0.279. The molecule has 1 aliphatic rings. The second-order valence-electron chi connectivity index (χ2n) is 6.45. The zero-order chi connectivity index (χ0) is 18.3. The van der Waals surface area contributed by atoms with Crippen LogP contribution in [-0.2, 0) is 0 Å². The molecular formula is C20H18N2O4. The molecule has 0 radical (unpaired) electrons. The molecule has 1 amide bonds. The van der Waals surface area contributed by atoms with Crippen LogP contribution in [0.3, 0.4) is 0 Å². The van der Waals surface area contributed by atoms with Gasteiger partial charge in [-0.1, -0.05) is 0 Å². The van der Waals surface area contributed by atoms with Gasteiger partial charge in [-0.15, -0.1) is 0 Å². The Hall–Kier alpha value is -3.15. The topological polar surface area (TPSA) is 81.4 Å². The monoisotopic (exact) mass is 350 g/mol. The van der Waals surface area contributed by atoms with Crippen molar-refractivity contribution in [2.45, 2.75) is 19.8 Å². The van der Waals surface area contributed by atoms with E-state index in [9.17, 15) is 9.59 Å². The van der Waals surface area contributed by atoms with Crippen LogP contribution in [0.15, 0.2) is 41.1 Å². The summed E-state index contributed by atoms with van der Waals surface area (Å²) < 4.78 is 11.1. The van der Waals surface area contributed by atoms with Gasteiger partial charge in [-0.25, -0.2) is 0 Å². The predicted octanol–water partition coefficient (Wildman–Crippen LogP) is 3.99. The maximum Gasteiger partial charge on any atom is 0.256 e. The van der Waals surface area contributed by atoms with Gasteiger partial charge in [0.2, 0.25) is 5.78 Å². The van der Waals surface area contributed by atoms with E-state index in [1.807, 2.05) is 6.92 Å². The van der Waals surface area contributed by atoms with Gasteiger partial charge in [-0.05, 0) is 49.6 Å². The van der Waals surface area contributed by atoms with E-state index in [1.54, 1.807) is 36.7 Å². The van der Waals surface area contributed by atoms with Gasteiger partial charge in [0.25, 0.3) is 5.91 Å². The number of nitrogens with one attached hydrogen (secondary N) is 1. The minimum Gasteiger partial charge on any atom is -0.493 e. The summed E-state index contributed by atoms with van der Waals surface area (Å²) in [6.07, 6.45) is 5.09. The first-order valence-electron chi connectivity index (χ1n) is 8.45. The van der Waals surface area contributed by atoms with Gasteiger partial charge < -0.3 is 14.5 Å². The molecule has 1 fully saturated rings. The zero-order valence-electron chi connectivity index (χ0n) is 14.5. The number of rotatable bonds is 5. The molecule has 0 spiro atoms. The number of Topliss-reactive ketones (excluding diaryl/α,β-unsaturated/α-hetero) is 1. The van der Waals surface area contributed by atoms with Crippen LogP contribution in [0.2, 0.25) is 0 Å². The number of hydrogen-bond donors (Lipinski definition) is 1. The first-order chi connectivity index (χ1) is 12.6. The molecule has 2 heterocycles. The second kappa shape index (κ2) is 6.29. The van der Waals surface area contributed by atoms with E-state index in [4.69, 9.17) is 9.15 Å². The van der Waals surface area contributed by atoms with Crippen LogP contribution in [0, 0.1) is 12.8 Å². The standard InChI is InChI=1S/C20H18N2O4/c1-11-10-21-8-7-15(11)22-20(24)13-5-6-16(25-2)19-14(13)9-17(26-19)18(23)12-3-4-12/h5-10,12H,3-4H2,1-2H3,(H,21,22,24). The Labute approximate surface area is 150 Å². The van der Waals surface area contributed by atoms with Crippen LogP contribution in [0.25, 0.3) is 11.0 Å². The van der Waals surface area contributed by atoms with Crippen molar-refractivity contribution < 1.29 is 18.7 Å². The van der Waals surface area contributed by atoms with E-state index >= 15 is 0 Å². The summed E-state index contributed by atoms with van der Waals surface area (Å²) >= 11 is 0. The van der Waals surface area contributed by atoms with Gasteiger partial charge in [0.15, 0.2) is 17.1 Å². The molecule has 2 aromatic heterocycles. The number of nitrogens with zero attached hydrogens (tertiary/aromatic N) is 1. The molecule has 0 unspecified atom stereocenters. The lowest BCUT2D eigenvalue weighted by atomic mass is 10.1. The van der Waals surface area contributed by atoms with Gasteiger partial charge in [-0.3, -0.25) is 14.6 Å². The van der Waals surface area contributed by atoms with Crippen molar-refractivity contribution >= 4 is 28.3 Å². The number of benzene rings is 1. The number of fused-ring (bicyclic) bond motifs is 1. The van der Waals surface area contributed by atoms with E-state index < -0.39 is 0 Å². The third-order valence-electron chi connectivity index (χ3n) is 4.57. The van der Waals surface area contributed by atoms with Crippen molar-refractivity contribution in [3.05, 3.63) is 53.5 Å². The quantitative estimate of drug-likeness (QED) is 0.704. The summed E-state index contributed by atoms with van der Waals surface area (Å²) in [5.74, 6) is 0.517. The van der Waals surface area contributed by atoms with Crippen molar-refractivity contribution in [2.75, 3.05) is 12.4 Å². The van der Waals surface area contributed by atoms with Crippen LogP contribution in [-0.4, -0.2) is 23.8 Å². The van der Waals surface area contributed by atoms with Crippen LogP contribution in [0.1, 0.15) is 39.3 Å². The maximum absolute atomic E-state index is 12.8. The fourth-order valence-corrected chi connectivity index (χ4v) is 2.93. The van der Waals surface area contributed by atoms with Crippen LogP contribution in [0.4, 0.5) is 5.69 Å². The average Bonchev–Trinajstić information content (AvgIpc) is 3.40. The Morgan fingerprint density at radius 1 is 1.27 bits per heavy atom. The van der Waals surface area contributed by atoms with Crippen LogP contribution >= 0.6 is 0 Å². The number of hydrogen-bond acceptors (Lipinski definition) is 5. The third kappa shape index (κ3) is 2.83. The molecule has 1 saturated carbocycles. The molecule has 0 aliphatic heterocycles. The van der Waals surface area contributed by atoms with E-state index in [0.717, 1.165) is 18.4 Å². The molecule has 6 nitrogen and oxygen atoms in total. The molecule has 3 aromatic rings. The highest BCUT2D eigenvalue weighted by atomic mass is 16.5. The van der Waals surface area contributed by atoms with E-state index in [1.165, 1.54) is 7.11 Å². The molecule has 0 saturated heterocycles. The molecule has 1 N–H and O–H groups in total. The Balaban J connectivity index is 1.75. The highest BCUT2D eigenvalue weighted by molar-refractivity contribution is 6.14. The fraction of sp³-hybridized carbons (Fsp3) is 0.250. The number of aromatic nitrogens is 1. The number of pyridine rings is 1. The third-order valence-corrected chi connectivity index (χ3v) is 4.57. The highest BCUT2D eigenvalue weighted by Gasteiger charge is 2.33. The number of amides is 1. The fourth-order valence-electron chi connectivity index (χ4n) is 2.93. The molecule has 6 heteroatoms. The summed E-state index contributed by atoms with van der Waals surface area (Å²) in [6, 6.07) is 6.73. The molecule has 1 aliphatic carbocycles. The molecular weight excluding hydrogens is 332 g/mol. The summed E-state index contributed by atoms with van der Waals surface area (Å²) in [5, 5.41) is 3.45. The SMILES string of the molecule is COc1ccc(C(=O)Nc2ccncc2C)c2cc(C(=O)C3CC3)oc12. The molecule has 4 rings (SSSR count). The Morgan fingerprint density at radius 2 is 2.08 bits per heavy atom. The van der Waals surface area contributed by atoms with E-state index in [0.29, 0.717) is 28.0 Å². The first kappa shape index (κ1) is 16.3. The number of aryl methyl sites for hydroxylation is 1. The lowest BCUT2D eigenvalue weighted by molar-refractivity contribution is 0.0941. The summed E-state index contributed by atoms with van der Waals surface area (Å²) in [7, 11) is 1.53. The van der Waals surface area contributed by atoms with Gasteiger partial charge in [0.1, 0.15) is 0 Å². The maximum atomic E-state index is 12.8. The number of anilines is 1. The van der Waals surface area contributed by atoms with Gasteiger partial charge in [-0.2, -0.15) is 0 Å². The number of carbonyl (C=O) groups excluding carboxylic acids is 2. The summed E-state index contributed by atoms with van der Waals surface area (Å²) in [5.41, 5.74) is 2.39. The zero-order valence-corrected chi connectivity index (χ0v) is 14.5. The van der Waals surface area contributed by atoms with Crippen molar-refractivity contribution in [1.29, 1.82) is 0 Å². The number of ketones is 1. The smallest absolute Gasteiger partial charge is 0.256 e. The first-order valence-corrected chi connectivity index (χ1v) is 8.45. The Morgan fingerprint density at radius 3 is 2.77 bits per heavy atom. The lowest BCUT2D eigenvalue weighted by Crippen LogP contribution is -2.13. The molecule has 0 bridgehead atoms. The van der Waals surface area contributed by atoms with Crippen molar-refractivity contribution in [2.24, 2.45) is 5.92 Å². The summed E-state index contributed by atoms with van der Waals surface area (Å²) in [6.45, 7) is 1.87. The Bertz CT molecular complexity index is 1020. The van der Waals surface area contributed by atoms with E-state index in [-0.39, 0.29) is 23.4 Å². The number of ether oxygens (including phenoxy) is 1. The van der Waals surface area contributed by atoms with E-state index in [2.05, 4.69) is 10.3 Å². The number of carbonyl (C=O) groups is 2. The van der Waals surface area contributed by atoms with Gasteiger partial charge >= 0.3 is 0 Å². The van der Waals surface area contributed by atoms with Crippen molar-refractivity contribution in [3.63, 3.8) is 0 Å². The average molecular weight is 350 g/mol. The lowest BCUT2D eigenvalue weighted by Gasteiger charge is -2.09. The number of methoxy groups -OCH3 is 1. The van der Waals surface area contributed by atoms with Gasteiger partial charge in [0, 0.05) is 29.4 Å². The van der Waals surface area contributed by atoms with Crippen molar-refractivity contribution in [3.8, 4) is 5.75 Å². The molecule has 1 aromatic carbocycles.